The van der Waals surface area contributed by atoms with E-state index in [0.717, 1.165) is 18.4 Å². The topological polar surface area (TPSA) is 103 Å². The Hall–Kier alpha value is -3.24. The highest BCUT2D eigenvalue weighted by Crippen LogP contribution is 2.30. The van der Waals surface area contributed by atoms with E-state index in [4.69, 9.17) is 9.47 Å². The van der Waals surface area contributed by atoms with Crippen LogP contribution in [0.15, 0.2) is 47.8 Å². The number of ketones is 1. The molecule has 0 N–H and O–H groups in total. The fourth-order valence-electron chi connectivity index (χ4n) is 4.28. The molecule has 0 spiro atoms. The van der Waals surface area contributed by atoms with Gasteiger partial charge >= 0.3 is 0 Å². The minimum atomic E-state index is -3.52. The van der Waals surface area contributed by atoms with Gasteiger partial charge in [-0.1, -0.05) is 44.2 Å². The van der Waals surface area contributed by atoms with Crippen molar-refractivity contribution >= 4 is 32.9 Å². The predicted octanol–water partition coefficient (Wildman–Crippen LogP) is 5.00. The quantitative estimate of drug-likeness (QED) is 0.251. The van der Waals surface area contributed by atoms with Crippen molar-refractivity contribution in [3.05, 3.63) is 75.2 Å². The number of aromatic nitrogens is 1. The smallest absolute Gasteiger partial charge is 0.254 e. The molecule has 0 saturated carbocycles. The number of thiazole rings is 1. The van der Waals surface area contributed by atoms with Gasteiger partial charge in [-0.2, -0.15) is 0 Å². The van der Waals surface area contributed by atoms with Crippen molar-refractivity contribution in [2.45, 2.75) is 40.2 Å². The molecule has 39 heavy (non-hydrogen) atoms. The zero-order chi connectivity index (χ0) is 28.6. The Labute approximate surface area is 234 Å². The van der Waals surface area contributed by atoms with Gasteiger partial charge < -0.3 is 14.4 Å². The molecular formula is C29H36N2O6S2. The molecule has 0 saturated heterocycles. The summed E-state index contributed by atoms with van der Waals surface area (Å²) in [6.07, 6.45) is 1.51. The third kappa shape index (κ3) is 8.63. The van der Waals surface area contributed by atoms with Crippen LogP contribution >= 0.6 is 11.3 Å². The van der Waals surface area contributed by atoms with Gasteiger partial charge in [0, 0.05) is 23.1 Å². The van der Waals surface area contributed by atoms with E-state index in [2.05, 4.69) is 4.98 Å². The molecule has 0 unspecified atom stereocenters. The van der Waals surface area contributed by atoms with Crippen LogP contribution in [0, 0.1) is 12.8 Å². The first-order chi connectivity index (χ1) is 18.5. The maximum absolute atomic E-state index is 13.7. The Morgan fingerprint density at radius 1 is 1.05 bits per heavy atom. The first-order valence-corrected chi connectivity index (χ1v) is 15.5. The summed E-state index contributed by atoms with van der Waals surface area (Å²) >= 11 is 1.24. The lowest BCUT2D eigenvalue weighted by Crippen LogP contribution is -2.32. The summed E-state index contributed by atoms with van der Waals surface area (Å²) in [6.45, 7) is 6.09. The zero-order valence-electron chi connectivity index (χ0n) is 23.1. The van der Waals surface area contributed by atoms with E-state index in [1.807, 2.05) is 37.3 Å². The third-order valence-corrected chi connectivity index (χ3v) is 8.83. The minimum absolute atomic E-state index is 0.0527. The van der Waals surface area contributed by atoms with Gasteiger partial charge in [0.15, 0.2) is 15.6 Å². The summed E-state index contributed by atoms with van der Waals surface area (Å²) in [5, 5.41) is 2.12. The summed E-state index contributed by atoms with van der Waals surface area (Å²) in [5.74, 6) is -0.350. The number of sulfone groups is 1. The molecule has 1 aromatic heterocycles. The zero-order valence-corrected chi connectivity index (χ0v) is 24.7. The van der Waals surface area contributed by atoms with Crippen LogP contribution in [0.2, 0.25) is 0 Å². The number of amides is 1. The summed E-state index contributed by atoms with van der Waals surface area (Å²) in [7, 11) is -0.430. The highest BCUT2D eigenvalue weighted by Gasteiger charge is 2.24. The van der Waals surface area contributed by atoms with Crippen LogP contribution in [0.25, 0.3) is 0 Å². The Morgan fingerprint density at radius 3 is 2.28 bits per heavy atom. The van der Waals surface area contributed by atoms with E-state index >= 15 is 0 Å². The third-order valence-electron chi connectivity index (χ3n) is 6.12. The monoisotopic (exact) mass is 572 g/mol. The number of ether oxygens (including phenoxy) is 2. The van der Waals surface area contributed by atoms with Crippen molar-refractivity contribution in [3.63, 3.8) is 0 Å². The lowest BCUT2D eigenvalue weighted by Gasteiger charge is -2.23. The number of methoxy groups -OCH3 is 2. The van der Waals surface area contributed by atoms with Crippen LogP contribution < -0.4 is 9.47 Å². The van der Waals surface area contributed by atoms with Gasteiger partial charge in [0.25, 0.3) is 5.91 Å². The number of nitrogens with zero attached hydrogens (tertiary/aromatic N) is 2. The fraction of sp³-hybridized carbons (Fsp3) is 0.414. The number of hydrogen-bond donors (Lipinski definition) is 0. The highest BCUT2D eigenvalue weighted by molar-refractivity contribution is 7.92. The fourth-order valence-corrected chi connectivity index (χ4v) is 6.77. The molecule has 0 bridgehead atoms. The predicted molar refractivity (Wildman–Crippen MR) is 154 cm³/mol. The van der Waals surface area contributed by atoms with Gasteiger partial charge in [-0.05, 0) is 43.4 Å². The van der Waals surface area contributed by atoms with Gasteiger partial charge in [0.1, 0.15) is 28.0 Å². The second kappa shape index (κ2) is 13.7. The number of benzene rings is 2. The standard InChI is InChI=1S/C29H36N2O6S2/c1-20(2)18-39(34,35)19-25(32)24-17-38-28(30-24)16-31(13-9-12-22-10-7-6-8-11-22)29(33)23-14-26(36-4)21(3)27(15-23)37-5/h6-8,10-11,14-15,17,20H,9,12-13,16,18-19H2,1-5H3. The molecule has 3 rings (SSSR count). The molecule has 0 aliphatic carbocycles. The van der Waals surface area contributed by atoms with Gasteiger partial charge in [-0.25, -0.2) is 13.4 Å². The van der Waals surface area contributed by atoms with Crippen LogP contribution in [0.5, 0.6) is 11.5 Å². The van der Waals surface area contributed by atoms with Crippen molar-refractivity contribution in [2.75, 3.05) is 32.3 Å². The Balaban J connectivity index is 1.82. The Bertz CT molecular complexity index is 1360. The van der Waals surface area contributed by atoms with Gasteiger partial charge in [0.05, 0.1) is 26.5 Å². The second-order valence-corrected chi connectivity index (χ2v) is 12.9. The Morgan fingerprint density at radius 2 is 1.69 bits per heavy atom. The van der Waals surface area contributed by atoms with Gasteiger partial charge in [0.2, 0.25) is 0 Å². The van der Waals surface area contributed by atoms with Crippen LogP contribution in [-0.2, 0) is 22.8 Å². The van der Waals surface area contributed by atoms with Crippen molar-refractivity contribution in [1.82, 2.24) is 9.88 Å². The SMILES string of the molecule is COc1cc(C(=O)N(CCCc2ccccc2)Cc2nc(C(=O)CS(=O)(=O)CC(C)C)cs2)cc(OC)c1C. The number of aryl methyl sites for hydroxylation is 1. The van der Waals surface area contributed by atoms with Crippen molar-refractivity contribution in [2.24, 2.45) is 5.92 Å². The van der Waals surface area contributed by atoms with Crippen LogP contribution in [-0.4, -0.2) is 62.3 Å². The lowest BCUT2D eigenvalue weighted by molar-refractivity contribution is 0.0740. The van der Waals surface area contributed by atoms with E-state index in [-0.39, 0.29) is 29.8 Å². The van der Waals surface area contributed by atoms with Crippen LogP contribution in [0.1, 0.15) is 57.2 Å². The normalized spacial score (nSPS) is 11.4. The number of Topliss-reactive ketones (excluding diaryl/α,β-unsaturated/α-hetero) is 1. The maximum atomic E-state index is 13.7. The molecule has 210 valence electrons. The average Bonchev–Trinajstić information content (AvgIpc) is 3.36. The molecule has 0 aliphatic rings. The van der Waals surface area contributed by atoms with Crippen LogP contribution in [0.3, 0.4) is 0 Å². The van der Waals surface area contributed by atoms with E-state index in [1.165, 1.54) is 16.9 Å². The number of hydrogen-bond acceptors (Lipinski definition) is 8. The summed E-state index contributed by atoms with van der Waals surface area (Å²) in [5.41, 5.74) is 2.50. The van der Waals surface area contributed by atoms with E-state index in [1.54, 1.807) is 50.5 Å². The molecule has 1 amide bonds. The molecule has 10 heteroatoms. The lowest BCUT2D eigenvalue weighted by atomic mass is 10.1. The molecule has 0 atom stereocenters. The summed E-state index contributed by atoms with van der Waals surface area (Å²) in [4.78, 5) is 32.5. The maximum Gasteiger partial charge on any atom is 0.254 e. The average molecular weight is 573 g/mol. The summed E-state index contributed by atoms with van der Waals surface area (Å²) in [6, 6.07) is 13.4. The van der Waals surface area contributed by atoms with Crippen molar-refractivity contribution in [3.8, 4) is 11.5 Å². The number of rotatable bonds is 14. The Kier molecular flexibility index (Phi) is 10.7. The van der Waals surface area contributed by atoms with E-state index in [9.17, 15) is 18.0 Å². The second-order valence-electron chi connectivity index (χ2n) is 9.82. The molecular weight excluding hydrogens is 536 g/mol. The van der Waals surface area contributed by atoms with E-state index in [0.29, 0.717) is 28.6 Å². The first-order valence-electron chi connectivity index (χ1n) is 12.8. The highest BCUT2D eigenvalue weighted by atomic mass is 32.2. The van der Waals surface area contributed by atoms with Crippen molar-refractivity contribution < 1.29 is 27.5 Å². The number of carbonyl (C=O) groups is 2. The largest absolute Gasteiger partial charge is 0.496 e. The molecule has 0 radical (unpaired) electrons. The minimum Gasteiger partial charge on any atom is -0.496 e. The summed E-state index contributed by atoms with van der Waals surface area (Å²) < 4.78 is 35.5. The molecule has 3 aromatic rings. The van der Waals surface area contributed by atoms with Gasteiger partial charge in [-0.15, -0.1) is 11.3 Å². The van der Waals surface area contributed by atoms with Gasteiger partial charge in [-0.3, -0.25) is 9.59 Å². The first kappa shape index (κ1) is 30.3. The molecule has 2 aromatic carbocycles. The van der Waals surface area contributed by atoms with Crippen molar-refractivity contribution in [1.29, 1.82) is 0 Å². The molecule has 1 heterocycles. The molecule has 8 nitrogen and oxygen atoms in total. The van der Waals surface area contributed by atoms with E-state index < -0.39 is 21.4 Å². The van der Waals surface area contributed by atoms with Crippen LogP contribution in [0.4, 0.5) is 0 Å². The number of carbonyl (C=O) groups excluding carboxylic acids is 2. The molecule has 0 fully saturated rings. The molecule has 0 aliphatic heterocycles.